The molecule has 0 N–H and O–H groups in total. The van der Waals surface area contributed by atoms with E-state index in [1.165, 1.54) is 12.1 Å². The molecule has 124 valence electrons. The smallest absolute Gasteiger partial charge is 0.207 e. The third-order valence-corrected chi connectivity index (χ3v) is 4.67. The first-order chi connectivity index (χ1) is 11.5. The number of halogens is 1. The van der Waals surface area contributed by atoms with E-state index >= 15 is 0 Å². The van der Waals surface area contributed by atoms with Gasteiger partial charge in [0.15, 0.2) is 5.82 Å². The summed E-state index contributed by atoms with van der Waals surface area (Å²) in [5, 5.41) is 0. The number of aromatic nitrogens is 3. The fourth-order valence-corrected chi connectivity index (χ4v) is 3.16. The summed E-state index contributed by atoms with van der Waals surface area (Å²) in [5.41, 5.74) is 2.17. The van der Waals surface area contributed by atoms with Gasteiger partial charge in [0, 0.05) is 22.6 Å². The molecular formula is C17H16FN3O2S. The summed E-state index contributed by atoms with van der Waals surface area (Å²) >= 11 is 0. The van der Waals surface area contributed by atoms with Crippen LogP contribution in [0.5, 0.6) is 0 Å². The molecule has 0 saturated heterocycles. The van der Waals surface area contributed by atoms with Crippen LogP contribution >= 0.6 is 0 Å². The van der Waals surface area contributed by atoms with Crippen LogP contribution in [0.2, 0.25) is 0 Å². The molecule has 1 aromatic carbocycles. The molecule has 0 saturated carbocycles. The lowest BCUT2D eigenvalue weighted by atomic mass is 10.2. The Labute approximate surface area is 141 Å². The van der Waals surface area contributed by atoms with Gasteiger partial charge in [0.1, 0.15) is 17.3 Å². The maximum atomic E-state index is 13.0. The monoisotopic (exact) mass is 345 g/mol. The maximum Gasteiger partial charge on any atom is 0.207 e. The molecule has 5 nitrogen and oxygen atoms in total. The molecule has 0 radical (unpaired) electrons. The first-order valence-corrected chi connectivity index (χ1v) is 8.86. The Kier molecular flexibility index (Phi) is 4.80. The Balaban J connectivity index is 1.72. The van der Waals surface area contributed by atoms with Crippen LogP contribution < -0.4 is 0 Å². The van der Waals surface area contributed by atoms with Crippen LogP contribution in [0.25, 0.3) is 11.4 Å². The average Bonchev–Trinajstić information content (AvgIpc) is 2.86. The van der Waals surface area contributed by atoms with Crippen molar-refractivity contribution in [3.05, 3.63) is 65.4 Å². The number of hydrogen-bond donors (Lipinski definition) is 0. The molecule has 7 heteroatoms. The molecule has 0 amide bonds. The van der Waals surface area contributed by atoms with Crippen LogP contribution in [-0.2, 0) is 22.3 Å². The molecule has 1 atom stereocenters. The van der Waals surface area contributed by atoms with Gasteiger partial charge in [-0.1, -0.05) is 0 Å². The quantitative estimate of drug-likeness (QED) is 0.709. The Hall–Kier alpha value is -2.41. The molecule has 3 aromatic rings. The highest BCUT2D eigenvalue weighted by Crippen LogP contribution is 2.16. The van der Waals surface area contributed by atoms with Crippen molar-refractivity contribution in [1.82, 2.24) is 15.0 Å². The van der Waals surface area contributed by atoms with Gasteiger partial charge in [-0.25, -0.2) is 19.3 Å². The normalized spacial score (nSPS) is 12.3. The molecule has 0 fully saturated rings. The summed E-state index contributed by atoms with van der Waals surface area (Å²) in [6.07, 6.45) is 1.61. The number of aryl methyl sites for hydroxylation is 2. The first kappa shape index (κ1) is 16.4. The summed E-state index contributed by atoms with van der Waals surface area (Å²) in [4.78, 5) is 12.8. The molecule has 1 unspecified atom stereocenters. The number of rotatable bonds is 5. The van der Waals surface area contributed by atoms with Crippen LogP contribution in [0.15, 0.2) is 40.9 Å². The van der Waals surface area contributed by atoms with Crippen molar-refractivity contribution in [3.63, 3.8) is 0 Å². The van der Waals surface area contributed by atoms with Gasteiger partial charge in [0.05, 0.1) is 17.1 Å². The third kappa shape index (κ3) is 3.91. The van der Waals surface area contributed by atoms with E-state index < -0.39 is 10.8 Å². The molecule has 0 aliphatic rings. The minimum absolute atomic E-state index is 0.241. The lowest BCUT2D eigenvalue weighted by molar-refractivity contribution is 0.487. The average molecular weight is 345 g/mol. The van der Waals surface area contributed by atoms with Gasteiger partial charge in [0.2, 0.25) is 5.89 Å². The number of benzene rings is 1. The van der Waals surface area contributed by atoms with Gasteiger partial charge in [-0.15, -0.1) is 0 Å². The van der Waals surface area contributed by atoms with E-state index in [2.05, 4.69) is 15.0 Å². The Morgan fingerprint density at radius 1 is 1.08 bits per heavy atom. The Morgan fingerprint density at radius 2 is 1.83 bits per heavy atom. The fourth-order valence-electron chi connectivity index (χ4n) is 2.17. The van der Waals surface area contributed by atoms with Crippen molar-refractivity contribution in [1.29, 1.82) is 0 Å². The van der Waals surface area contributed by atoms with Gasteiger partial charge in [0.25, 0.3) is 0 Å². The van der Waals surface area contributed by atoms with E-state index in [1.54, 1.807) is 24.4 Å². The van der Waals surface area contributed by atoms with E-state index in [-0.39, 0.29) is 17.3 Å². The van der Waals surface area contributed by atoms with E-state index in [1.807, 2.05) is 13.8 Å². The molecule has 24 heavy (non-hydrogen) atoms. The Morgan fingerprint density at radius 3 is 2.50 bits per heavy atom. The van der Waals surface area contributed by atoms with Crippen molar-refractivity contribution in [2.75, 3.05) is 0 Å². The van der Waals surface area contributed by atoms with Crippen LogP contribution in [0.4, 0.5) is 4.39 Å². The lowest BCUT2D eigenvalue weighted by Crippen LogP contribution is -2.03. The summed E-state index contributed by atoms with van der Waals surface area (Å²) in [7, 11) is -1.19. The molecule has 3 rings (SSSR count). The zero-order chi connectivity index (χ0) is 17.1. The van der Waals surface area contributed by atoms with E-state index in [9.17, 15) is 8.60 Å². The lowest BCUT2D eigenvalue weighted by Gasteiger charge is -2.04. The zero-order valence-electron chi connectivity index (χ0n) is 13.3. The summed E-state index contributed by atoms with van der Waals surface area (Å²) in [6.45, 7) is 3.68. The van der Waals surface area contributed by atoms with Gasteiger partial charge >= 0.3 is 0 Å². The molecule has 2 heterocycles. The summed E-state index contributed by atoms with van der Waals surface area (Å²) in [6, 6.07) is 7.66. The summed E-state index contributed by atoms with van der Waals surface area (Å²) in [5.74, 6) is 1.89. The van der Waals surface area contributed by atoms with Crippen molar-refractivity contribution < 1.29 is 13.0 Å². The van der Waals surface area contributed by atoms with Crippen molar-refractivity contribution in [3.8, 4) is 11.4 Å². The highest BCUT2D eigenvalue weighted by Gasteiger charge is 2.12. The van der Waals surface area contributed by atoms with Crippen molar-refractivity contribution >= 4 is 10.8 Å². The number of nitrogens with zero attached hydrogens (tertiary/aromatic N) is 3. The van der Waals surface area contributed by atoms with Crippen LogP contribution in [0.1, 0.15) is 23.0 Å². The Bertz CT molecular complexity index is 858. The maximum absolute atomic E-state index is 13.0. The fraction of sp³-hybridized carbons (Fsp3) is 0.235. The molecule has 2 aromatic heterocycles. The zero-order valence-corrected chi connectivity index (χ0v) is 14.1. The third-order valence-electron chi connectivity index (χ3n) is 3.48. The van der Waals surface area contributed by atoms with E-state index in [0.717, 1.165) is 11.5 Å². The van der Waals surface area contributed by atoms with Gasteiger partial charge in [-0.2, -0.15) is 0 Å². The molecule has 0 aliphatic heterocycles. The standard InChI is InChI=1S/C17H16FN3O2S/c1-11-12(2)23-16(20-11)10-24(22)9-15-7-8-19-17(21-15)13-3-5-14(18)6-4-13/h3-8H,9-10H2,1-2H3. The first-order valence-electron chi connectivity index (χ1n) is 7.37. The second-order valence-electron chi connectivity index (χ2n) is 5.36. The second kappa shape index (κ2) is 7.00. The van der Waals surface area contributed by atoms with Crippen LogP contribution in [-0.4, -0.2) is 19.2 Å². The SMILES string of the molecule is Cc1nc(CS(=O)Cc2ccnc(-c3ccc(F)cc3)n2)oc1C. The van der Waals surface area contributed by atoms with Gasteiger partial charge in [-0.05, 0) is 44.2 Å². The van der Waals surface area contributed by atoms with Crippen LogP contribution in [0, 0.1) is 19.7 Å². The van der Waals surface area contributed by atoms with E-state index in [0.29, 0.717) is 23.0 Å². The topological polar surface area (TPSA) is 68.9 Å². The van der Waals surface area contributed by atoms with Crippen molar-refractivity contribution in [2.45, 2.75) is 25.4 Å². The second-order valence-corrected chi connectivity index (χ2v) is 6.81. The molecular weight excluding hydrogens is 329 g/mol. The molecule has 0 aliphatic carbocycles. The molecule has 0 spiro atoms. The number of hydrogen-bond acceptors (Lipinski definition) is 5. The number of oxazole rings is 1. The summed E-state index contributed by atoms with van der Waals surface area (Å²) < 4.78 is 30.7. The van der Waals surface area contributed by atoms with Crippen LogP contribution in [0.3, 0.4) is 0 Å². The minimum Gasteiger partial charge on any atom is -0.445 e. The predicted octanol–water partition coefficient (Wildman–Crippen LogP) is 3.34. The molecule has 0 bridgehead atoms. The van der Waals surface area contributed by atoms with E-state index in [4.69, 9.17) is 4.42 Å². The highest BCUT2D eigenvalue weighted by atomic mass is 32.2. The highest BCUT2D eigenvalue weighted by molar-refractivity contribution is 7.83. The largest absolute Gasteiger partial charge is 0.445 e. The van der Waals surface area contributed by atoms with Gasteiger partial charge < -0.3 is 4.42 Å². The predicted molar refractivity (Wildman–Crippen MR) is 89.0 cm³/mol. The van der Waals surface area contributed by atoms with Crippen molar-refractivity contribution in [2.24, 2.45) is 0 Å². The van der Waals surface area contributed by atoms with Gasteiger partial charge in [-0.3, -0.25) is 4.21 Å². The minimum atomic E-state index is -1.19.